The minimum Gasteiger partial charge on any atom is -0.339 e. The van der Waals surface area contributed by atoms with Crippen molar-refractivity contribution in [1.29, 1.82) is 0 Å². The Labute approximate surface area is 155 Å². The van der Waals surface area contributed by atoms with Gasteiger partial charge in [0.2, 0.25) is 11.8 Å². The molecule has 0 spiro atoms. The highest BCUT2D eigenvalue weighted by Crippen LogP contribution is 2.25. The maximum atomic E-state index is 12.4. The summed E-state index contributed by atoms with van der Waals surface area (Å²) < 4.78 is 37.3. The summed E-state index contributed by atoms with van der Waals surface area (Å²) in [5.74, 6) is -2.16. The van der Waals surface area contributed by atoms with Gasteiger partial charge in [-0.15, -0.1) is 0 Å². The highest BCUT2D eigenvalue weighted by Gasteiger charge is 2.40. The van der Waals surface area contributed by atoms with Crippen LogP contribution >= 0.6 is 0 Å². The van der Waals surface area contributed by atoms with Gasteiger partial charge in [0.15, 0.2) is 0 Å². The summed E-state index contributed by atoms with van der Waals surface area (Å²) in [6.45, 7) is 3.30. The van der Waals surface area contributed by atoms with E-state index in [4.69, 9.17) is 0 Å². The zero-order valence-electron chi connectivity index (χ0n) is 15.2. The Bertz CT molecular complexity index is 700. The lowest BCUT2D eigenvalue weighted by Crippen LogP contribution is -2.36. The molecule has 6 nitrogen and oxygen atoms in total. The summed E-state index contributed by atoms with van der Waals surface area (Å²) in [7, 11) is 0. The number of nitrogens with one attached hydrogen (secondary N) is 1. The molecule has 0 aliphatic carbocycles. The first-order chi connectivity index (χ1) is 12.6. The van der Waals surface area contributed by atoms with Gasteiger partial charge < -0.3 is 15.1 Å². The molecule has 0 radical (unpaired) electrons. The summed E-state index contributed by atoms with van der Waals surface area (Å²) in [6, 6.07) is 6.26. The van der Waals surface area contributed by atoms with E-state index in [1.54, 1.807) is 29.2 Å². The minimum absolute atomic E-state index is 0.123. The van der Waals surface area contributed by atoms with Crippen LogP contribution in [0.3, 0.4) is 0 Å². The average molecular weight is 385 g/mol. The number of carbonyl (C=O) groups is 3. The van der Waals surface area contributed by atoms with Gasteiger partial charge >= 0.3 is 6.18 Å². The fraction of sp³-hybridized carbons (Fsp3) is 0.500. The molecule has 1 N–H and O–H groups in total. The van der Waals surface area contributed by atoms with Crippen molar-refractivity contribution in [2.24, 2.45) is 5.92 Å². The molecule has 1 heterocycles. The standard InChI is InChI=1S/C18H22F3N3O3/c1-3-23(4-2)17(27)12-5-7-14(8-6-12)22-16(26)13-9-15(25)24(10-13)11-18(19,20)21/h5-8,13H,3-4,9-11H2,1-2H3,(H,22,26). The van der Waals surface area contributed by atoms with Crippen molar-refractivity contribution in [2.75, 3.05) is 31.5 Å². The van der Waals surface area contributed by atoms with Crippen molar-refractivity contribution in [3.8, 4) is 0 Å². The monoisotopic (exact) mass is 385 g/mol. The molecule has 0 aromatic heterocycles. The number of rotatable bonds is 6. The van der Waals surface area contributed by atoms with E-state index in [0.717, 1.165) is 0 Å². The van der Waals surface area contributed by atoms with Crippen LogP contribution in [0.1, 0.15) is 30.6 Å². The van der Waals surface area contributed by atoms with Gasteiger partial charge in [-0.1, -0.05) is 0 Å². The van der Waals surface area contributed by atoms with Crippen LogP contribution in [0.15, 0.2) is 24.3 Å². The molecule has 27 heavy (non-hydrogen) atoms. The Morgan fingerprint density at radius 2 is 1.78 bits per heavy atom. The van der Waals surface area contributed by atoms with Crippen LogP contribution in [-0.2, 0) is 9.59 Å². The first-order valence-electron chi connectivity index (χ1n) is 8.69. The Morgan fingerprint density at radius 3 is 2.30 bits per heavy atom. The predicted octanol–water partition coefficient (Wildman–Crippen LogP) is 2.52. The lowest BCUT2D eigenvalue weighted by molar-refractivity contribution is -0.157. The van der Waals surface area contributed by atoms with Gasteiger partial charge in [-0.2, -0.15) is 13.2 Å². The van der Waals surface area contributed by atoms with Crippen LogP contribution < -0.4 is 5.32 Å². The number of alkyl halides is 3. The minimum atomic E-state index is -4.49. The molecular weight excluding hydrogens is 363 g/mol. The van der Waals surface area contributed by atoms with Crippen molar-refractivity contribution in [1.82, 2.24) is 9.80 Å². The fourth-order valence-electron chi connectivity index (χ4n) is 2.95. The second-order valence-corrected chi connectivity index (χ2v) is 6.33. The van der Waals surface area contributed by atoms with Crippen molar-refractivity contribution in [2.45, 2.75) is 26.4 Å². The van der Waals surface area contributed by atoms with E-state index in [0.29, 0.717) is 29.2 Å². The van der Waals surface area contributed by atoms with E-state index in [1.807, 2.05) is 13.8 Å². The highest BCUT2D eigenvalue weighted by molar-refractivity contribution is 5.98. The maximum absolute atomic E-state index is 12.4. The normalized spacial score (nSPS) is 17.1. The third-order valence-corrected chi connectivity index (χ3v) is 4.41. The second kappa shape index (κ2) is 8.41. The molecule has 1 atom stereocenters. The summed E-state index contributed by atoms with van der Waals surface area (Å²) in [5, 5.41) is 2.59. The van der Waals surface area contributed by atoms with Crippen LogP contribution in [0.4, 0.5) is 18.9 Å². The van der Waals surface area contributed by atoms with E-state index in [-0.39, 0.29) is 18.9 Å². The molecule has 0 bridgehead atoms. The number of benzene rings is 1. The second-order valence-electron chi connectivity index (χ2n) is 6.33. The third kappa shape index (κ3) is 5.45. The molecule has 1 aromatic rings. The smallest absolute Gasteiger partial charge is 0.339 e. The van der Waals surface area contributed by atoms with Crippen LogP contribution in [0.5, 0.6) is 0 Å². The van der Waals surface area contributed by atoms with Gasteiger partial charge in [-0.25, -0.2) is 0 Å². The lowest BCUT2D eigenvalue weighted by Gasteiger charge is -2.19. The number of anilines is 1. The van der Waals surface area contributed by atoms with Crippen molar-refractivity contribution >= 4 is 23.4 Å². The molecule has 3 amide bonds. The van der Waals surface area contributed by atoms with Crippen molar-refractivity contribution in [3.63, 3.8) is 0 Å². The fourth-order valence-corrected chi connectivity index (χ4v) is 2.95. The van der Waals surface area contributed by atoms with Crippen LogP contribution in [-0.4, -0.2) is 59.9 Å². The van der Waals surface area contributed by atoms with Gasteiger partial charge in [0.25, 0.3) is 5.91 Å². The van der Waals surface area contributed by atoms with E-state index in [1.165, 1.54) is 0 Å². The molecule has 0 saturated carbocycles. The number of nitrogens with zero attached hydrogens (tertiary/aromatic N) is 2. The van der Waals surface area contributed by atoms with E-state index in [2.05, 4.69) is 5.32 Å². The summed E-state index contributed by atoms with van der Waals surface area (Å²) >= 11 is 0. The quantitative estimate of drug-likeness (QED) is 0.818. The number of hydrogen-bond donors (Lipinski definition) is 1. The number of amides is 3. The average Bonchev–Trinajstić information content (AvgIpc) is 2.95. The molecule has 1 fully saturated rings. The van der Waals surface area contributed by atoms with Gasteiger partial charge in [-0.3, -0.25) is 14.4 Å². The Kier molecular flexibility index (Phi) is 6.45. The van der Waals surface area contributed by atoms with E-state index >= 15 is 0 Å². The first kappa shape index (κ1) is 20.7. The number of hydrogen-bond acceptors (Lipinski definition) is 3. The summed E-state index contributed by atoms with van der Waals surface area (Å²) in [6.07, 6.45) is -4.74. The van der Waals surface area contributed by atoms with Crippen LogP contribution in [0.25, 0.3) is 0 Å². The largest absolute Gasteiger partial charge is 0.406 e. The van der Waals surface area contributed by atoms with Gasteiger partial charge in [0.05, 0.1) is 5.92 Å². The highest BCUT2D eigenvalue weighted by atomic mass is 19.4. The van der Waals surface area contributed by atoms with Crippen LogP contribution in [0, 0.1) is 5.92 Å². The Balaban J connectivity index is 1.96. The lowest BCUT2D eigenvalue weighted by atomic mass is 10.1. The molecule has 1 aliphatic rings. The summed E-state index contributed by atoms with van der Waals surface area (Å²) in [5.41, 5.74) is 0.891. The SMILES string of the molecule is CCN(CC)C(=O)c1ccc(NC(=O)C2CC(=O)N(CC(F)(F)F)C2)cc1. The zero-order chi connectivity index (χ0) is 20.2. The zero-order valence-corrected chi connectivity index (χ0v) is 15.2. The molecule has 1 aliphatic heterocycles. The first-order valence-corrected chi connectivity index (χ1v) is 8.69. The molecule has 2 rings (SSSR count). The maximum Gasteiger partial charge on any atom is 0.406 e. The van der Waals surface area contributed by atoms with Crippen LogP contribution in [0.2, 0.25) is 0 Å². The van der Waals surface area contributed by atoms with E-state index < -0.39 is 30.5 Å². The van der Waals surface area contributed by atoms with Crippen molar-refractivity contribution in [3.05, 3.63) is 29.8 Å². The molecule has 1 aromatic carbocycles. The Morgan fingerprint density at radius 1 is 1.19 bits per heavy atom. The number of carbonyl (C=O) groups excluding carboxylic acids is 3. The van der Waals surface area contributed by atoms with Gasteiger partial charge in [0.1, 0.15) is 6.54 Å². The third-order valence-electron chi connectivity index (χ3n) is 4.41. The topological polar surface area (TPSA) is 69.7 Å². The van der Waals surface area contributed by atoms with Gasteiger partial charge in [0, 0.05) is 37.3 Å². The van der Waals surface area contributed by atoms with E-state index in [9.17, 15) is 27.6 Å². The Hall–Kier alpha value is -2.58. The van der Waals surface area contributed by atoms with Gasteiger partial charge in [-0.05, 0) is 38.1 Å². The molecule has 9 heteroatoms. The summed E-state index contributed by atoms with van der Waals surface area (Å²) in [4.78, 5) is 38.5. The molecule has 1 unspecified atom stereocenters. The molecule has 1 saturated heterocycles. The molecular formula is C18H22F3N3O3. The number of likely N-dealkylation sites (tertiary alicyclic amines) is 1. The van der Waals surface area contributed by atoms with Crippen molar-refractivity contribution < 1.29 is 27.6 Å². The molecule has 148 valence electrons. The predicted molar refractivity (Wildman–Crippen MR) is 93.1 cm³/mol. The number of halogens is 3.